The van der Waals surface area contributed by atoms with Crippen molar-refractivity contribution in [2.75, 3.05) is 6.61 Å². The van der Waals surface area contributed by atoms with Crippen molar-refractivity contribution in [3.05, 3.63) is 40.8 Å². The lowest BCUT2D eigenvalue weighted by atomic mass is 10.3. The molecule has 0 aliphatic rings. The number of rotatable bonds is 5. The molecule has 4 nitrogen and oxygen atoms in total. The number of para-hydroxylation sites is 2. The van der Waals surface area contributed by atoms with E-state index >= 15 is 0 Å². The summed E-state index contributed by atoms with van der Waals surface area (Å²) >= 11 is 11.7. The van der Waals surface area contributed by atoms with Gasteiger partial charge in [0.1, 0.15) is 5.02 Å². The number of benzene rings is 1. The molecule has 0 fully saturated rings. The molecule has 100 valence electrons. The molecule has 0 saturated carbocycles. The zero-order chi connectivity index (χ0) is 13.7. The van der Waals surface area contributed by atoms with Crippen LogP contribution in [0.4, 0.5) is 0 Å². The first kappa shape index (κ1) is 13.9. The molecule has 0 N–H and O–H groups in total. The van der Waals surface area contributed by atoms with Crippen LogP contribution in [0.25, 0.3) is 0 Å². The predicted molar refractivity (Wildman–Crippen MR) is 74.4 cm³/mol. The number of nitrogens with zero attached hydrogens (tertiary/aromatic N) is 2. The largest absolute Gasteiger partial charge is 0.490 e. The van der Waals surface area contributed by atoms with Crippen molar-refractivity contribution in [2.24, 2.45) is 0 Å². The van der Waals surface area contributed by atoms with E-state index in [2.05, 4.69) is 9.97 Å². The van der Waals surface area contributed by atoms with Gasteiger partial charge in [-0.25, -0.2) is 4.98 Å². The van der Waals surface area contributed by atoms with Gasteiger partial charge in [-0.3, -0.25) is 0 Å². The van der Waals surface area contributed by atoms with Gasteiger partial charge in [0.25, 0.3) is 0 Å². The van der Waals surface area contributed by atoms with Gasteiger partial charge in [-0.1, -0.05) is 30.7 Å². The molecule has 0 aliphatic heterocycles. The maximum Gasteiger partial charge on any atom is 0.242 e. The van der Waals surface area contributed by atoms with Gasteiger partial charge >= 0.3 is 0 Å². The Morgan fingerprint density at radius 1 is 1.16 bits per heavy atom. The summed E-state index contributed by atoms with van der Waals surface area (Å²) in [4.78, 5) is 7.70. The summed E-state index contributed by atoms with van der Waals surface area (Å²) in [5.74, 6) is 1.37. The lowest BCUT2D eigenvalue weighted by Gasteiger charge is -2.11. The fourth-order valence-electron chi connectivity index (χ4n) is 1.37. The Hall–Kier alpha value is -1.52. The maximum absolute atomic E-state index is 5.95. The van der Waals surface area contributed by atoms with Crippen LogP contribution in [-0.2, 0) is 0 Å². The normalized spacial score (nSPS) is 10.3. The van der Waals surface area contributed by atoms with Crippen LogP contribution < -0.4 is 9.47 Å². The minimum absolute atomic E-state index is 0.0753. The number of hydrogen-bond acceptors (Lipinski definition) is 4. The van der Waals surface area contributed by atoms with Gasteiger partial charge < -0.3 is 9.47 Å². The van der Waals surface area contributed by atoms with Crippen LogP contribution in [0.3, 0.4) is 0 Å². The molecular formula is C13H12Cl2N2O2. The van der Waals surface area contributed by atoms with Crippen LogP contribution in [0.2, 0.25) is 10.3 Å². The van der Waals surface area contributed by atoms with Crippen molar-refractivity contribution in [3.63, 3.8) is 0 Å². The van der Waals surface area contributed by atoms with Crippen molar-refractivity contribution >= 4 is 23.2 Å². The Morgan fingerprint density at radius 2 is 1.89 bits per heavy atom. The summed E-state index contributed by atoms with van der Waals surface area (Å²) in [5, 5.41) is 0.362. The lowest BCUT2D eigenvalue weighted by molar-refractivity contribution is 0.300. The van der Waals surface area contributed by atoms with Crippen molar-refractivity contribution in [3.8, 4) is 17.4 Å². The second-order valence-electron chi connectivity index (χ2n) is 3.69. The highest BCUT2D eigenvalue weighted by molar-refractivity contribution is 6.32. The Labute approximate surface area is 121 Å². The predicted octanol–water partition coefficient (Wildman–Crippen LogP) is 4.36. The van der Waals surface area contributed by atoms with Gasteiger partial charge in [0.15, 0.2) is 11.5 Å². The van der Waals surface area contributed by atoms with Crippen LogP contribution in [0.5, 0.6) is 17.4 Å². The highest BCUT2D eigenvalue weighted by atomic mass is 35.5. The fraction of sp³-hybridized carbons (Fsp3) is 0.231. The lowest BCUT2D eigenvalue weighted by Crippen LogP contribution is -1.98. The van der Waals surface area contributed by atoms with E-state index in [4.69, 9.17) is 32.7 Å². The van der Waals surface area contributed by atoms with Crippen molar-refractivity contribution in [1.29, 1.82) is 0 Å². The molecule has 0 aliphatic carbocycles. The monoisotopic (exact) mass is 298 g/mol. The van der Waals surface area contributed by atoms with Crippen LogP contribution in [0.1, 0.15) is 13.3 Å². The molecule has 0 spiro atoms. The molecule has 0 saturated heterocycles. The second-order valence-corrected chi connectivity index (χ2v) is 4.43. The molecule has 19 heavy (non-hydrogen) atoms. The minimum Gasteiger partial charge on any atom is -0.490 e. The first-order valence-corrected chi connectivity index (χ1v) is 6.54. The van der Waals surface area contributed by atoms with E-state index in [0.717, 1.165) is 6.42 Å². The summed E-state index contributed by atoms with van der Waals surface area (Å²) < 4.78 is 11.2. The SMILES string of the molecule is CCCOc1ccccc1Oc1nc(Cl)ncc1Cl. The van der Waals surface area contributed by atoms with Gasteiger partial charge in [0, 0.05) is 0 Å². The quantitative estimate of drug-likeness (QED) is 0.769. The van der Waals surface area contributed by atoms with E-state index in [1.807, 2.05) is 25.1 Å². The Morgan fingerprint density at radius 3 is 2.63 bits per heavy atom. The average molecular weight is 299 g/mol. The first-order valence-electron chi connectivity index (χ1n) is 5.78. The summed E-state index contributed by atoms with van der Waals surface area (Å²) in [7, 11) is 0. The van der Waals surface area contributed by atoms with Gasteiger partial charge in [-0.05, 0) is 30.2 Å². The van der Waals surface area contributed by atoms with E-state index in [1.54, 1.807) is 6.07 Å². The number of halogens is 2. The number of ether oxygens (including phenoxy) is 2. The average Bonchev–Trinajstić information content (AvgIpc) is 2.42. The van der Waals surface area contributed by atoms with Crippen LogP contribution in [0, 0.1) is 0 Å². The van der Waals surface area contributed by atoms with Crippen LogP contribution in [-0.4, -0.2) is 16.6 Å². The first-order chi connectivity index (χ1) is 9.20. The minimum atomic E-state index is 0.0753. The summed E-state index contributed by atoms with van der Waals surface area (Å²) in [6, 6.07) is 7.30. The third-order valence-corrected chi connectivity index (χ3v) is 2.64. The molecule has 0 unspecified atom stereocenters. The molecule has 1 aromatic carbocycles. The Bertz CT molecular complexity index is 564. The molecule has 2 rings (SSSR count). The van der Waals surface area contributed by atoms with Crippen molar-refractivity contribution in [2.45, 2.75) is 13.3 Å². The van der Waals surface area contributed by atoms with Gasteiger partial charge in [-0.15, -0.1) is 0 Å². The highest BCUT2D eigenvalue weighted by Crippen LogP contribution is 2.33. The molecule has 0 radical (unpaired) electrons. The molecule has 6 heteroatoms. The third-order valence-electron chi connectivity index (χ3n) is 2.20. The molecule has 1 heterocycles. The van der Waals surface area contributed by atoms with E-state index < -0.39 is 0 Å². The zero-order valence-electron chi connectivity index (χ0n) is 10.3. The molecule has 0 amide bonds. The highest BCUT2D eigenvalue weighted by Gasteiger charge is 2.10. The summed E-state index contributed by atoms with van der Waals surface area (Å²) in [6.45, 7) is 2.64. The van der Waals surface area contributed by atoms with Gasteiger partial charge in [-0.2, -0.15) is 4.98 Å². The van der Waals surface area contributed by atoms with E-state index in [0.29, 0.717) is 18.1 Å². The topological polar surface area (TPSA) is 44.2 Å². The van der Waals surface area contributed by atoms with Gasteiger partial charge in [0.2, 0.25) is 11.2 Å². The van der Waals surface area contributed by atoms with E-state index in [-0.39, 0.29) is 16.2 Å². The van der Waals surface area contributed by atoms with Crippen LogP contribution >= 0.6 is 23.2 Å². The zero-order valence-corrected chi connectivity index (χ0v) is 11.8. The van der Waals surface area contributed by atoms with Crippen LogP contribution in [0.15, 0.2) is 30.5 Å². The second kappa shape index (κ2) is 6.59. The van der Waals surface area contributed by atoms with E-state index in [9.17, 15) is 0 Å². The summed E-state index contributed by atoms with van der Waals surface area (Å²) in [6.07, 6.45) is 2.30. The smallest absolute Gasteiger partial charge is 0.242 e. The van der Waals surface area contributed by atoms with Crippen molar-refractivity contribution in [1.82, 2.24) is 9.97 Å². The third kappa shape index (κ3) is 3.72. The van der Waals surface area contributed by atoms with Crippen molar-refractivity contribution < 1.29 is 9.47 Å². The molecule has 0 bridgehead atoms. The number of hydrogen-bond donors (Lipinski definition) is 0. The fourth-order valence-corrected chi connectivity index (χ4v) is 1.63. The van der Waals surface area contributed by atoms with E-state index in [1.165, 1.54) is 6.20 Å². The Balaban J connectivity index is 2.25. The summed E-state index contributed by atoms with van der Waals surface area (Å²) in [5.41, 5.74) is 0. The molecule has 1 aromatic heterocycles. The Kier molecular flexibility index (Phi) is 4.82. The number of aromatic nitrogens is 2. The molecular weight excluding hydrogens is 287 g/mol. The molecule has 0 atom stereocenters. The van der Waals surface area contributed by atoms with Gasteiger partial charge in [0.05, 0.1) is 12.8 Å². The maximum atomic E-state index is 5.95. The standard InChI is InChI=1S/C13H12Cl2N2O2/c1-2-7-18-10-5-3-4-6-11(10)19-12-9(14)8-16-13(15)17-12/h3-6,8H,2,7H2,1H3. The molecule has 2 aromatic rings.